The maximum Gasteiger partial charge on any atom is 0.309 e. The van der Waals surface area contributed by atoms with Crippen molar-refractivity contribution < 1.29 is 14.4 Å². The largest absolute Gasteiger partial charge is 0.481 e. The van der Waals surface area contributed by atoms with E-state index in [2.05, 4.69) is 10.5 Å². The van der Waals surface area contributed by atoms with Crippen molar-refractivity contribution in [3.8, 4) is 0 Å². The fraction of sp³-hybridized carbons (Fsp3) is 0.429. The Morgan fingerprint density at radius 1 is 1.67 bits per heavy atom. The third-order valence-electron chi connectivity index (χ3n) is 1.86. The van der Waals surface area contributed by atoms with E-state index in [1.165, 1.54) is 0 Å². The van der Waals surface area contributed by atoms with Gasteiger partial charge >= 0.3 is 5.97 Å². The van der Waals surface area contributed by atoms with Crippen molar-refractivity contribution in [3.05, 3.63) is 17.0 Å². The van der Waals surface area contributed by atoms with Gasteiger partial charge in [0.05, 0.1) is 18.7 Å². The van der Waals surface area contributed by atoms with E-state index >= 15 is 0 Å². The van der Waals surface area contributed by atoms with Gasteiger partial charge in [0.25, 0.3) is 0 Å². The molecule has 1 aliphatic heterocycles. The van der Waals surface area contributed by atoms with Crippen LogP contribution < -0.4 is 5.32 Å². The van der Waals surface area contributed by atoms with Gasteiger partial charge in [0.1, 0.15) is 0 Å². The number of rotatable bonds is 2. The Morgan fingerprint density at radius 2 is 2.50 bits per heavy atom. The van der Waals surface area contributed by atoms with Crippen LogP contribution in [0.5, 0.6) is 0 Å². The Kier molecular flexibility index (Phi) is 1.58. The van der Waals surface area contributed by atoms with Gasteiger partial charge in [-0.25, -0.2) is 0 Å². The molecule has 0 saturated heterocycles. The number of carboxylic acid groups (broad SMARTS) is 1. The van der Waals surface area contributed by atoms with Crippen LogP contribution in [0.2, 0.25) is 0 Å². The molecule has 64 valence electrons. The first kappa shape index (κ1) is 7.30. The zero-order valence-corrected chi connectivity index (χ0v) is 6.33. The second kappa shape index (κ2) is 2.60. The van der Waals surface area contributed by atoms with Crippen LogP contribution in [0, 0.1) is 0 Å². The molecule has 5 nitrogen and oxygen atoms in total. The minimum absolute atomic E-state index is 0.0550. The lowest BCUT2D eigenvalue weighted by Gasteiger charge is -1.91. The minimum atomic E-state index is -0.877. The fourth-order valence-electron chi connectivity index (χ4n) is 1.30. The Labute approximate surface area is 68.4 Å². The van der Waals surface area contributed by atoms with E-state index in [9.17, 15) is 4.79 Å². The Bertz CT molecular complexity index is 318. The van der Waals surface area contributed by atoms with E-state index in [0.717, 1.165) is 11.3 Å². The molecule has 0 fully saturated rings. The smallest absolute Gasteiger partial charge is 0.309 e. The molecule has 0 aromatic carbocycles. The molecule has 1 aromatic rings. The van der Waals surface area contributed by atoms with Crippen molar-refractivity contribution in [3.63, 3.8) is 0 Å². The topological polar surface area (TPSA) is 75.4 Å². The molecule has 12 heavy (non-hydrogen) atoms. The van der Waals surface area contributed by atoms with Crippen LogP contribution in [-0.4, -0.2) is 16.2 Å². The van der Waals surface area contributed by atoms with Gasteiger partial charge in [-0.1, -0.05) is 5.16 Å². The van der Waals surface area contributed by atoms with Crippen LogP contribution in [0.1, 0.15) is 17.0 Å². The molecule has 0 amide bonds. The third kappa shape index (κ3) is 1.08. The summed E-state index contributed by atoms with van der Waals surface area (Å²) in [6, 6.07) is 0. The molecule has 2 N–H and O–H groups in total. The predicted molar refractivity (Wildman–Crippen MR) is 38.4 cm³/mol. The van der Waals surface area contributed by atoms with E-state index in [4.69, 9.17) is 9.63 Å². The van der Waals surface area contributed by atoms with Gasteiger partial charge in [-0.15, -0.1) is 0 Å². The van der Waals surface area contributed by atoms with Gasteiger partial charge in [-0.05, 0) is 0 Å². The zero-order chi connectivity index (χ0) is 8.55. The zero-order valence-electron chi connectivity index (χ0n) is 6.33. The Balaban J connectivity index is 2.27. The van der Waals surface area contributed by atoms with Crippen LogP contribution in [0.3, 0.4) is 0 Å². The lowest BCUT2D eigenvalue weighted by molar-refractivity contribution is -0.136. The van der Waals surface area contributed by atoms with Crippen LogP contribution >= 0.6 is 0 Å². The summed E-state index contributed by atoms with van der Waals surface area (Å²) >= 11 is 0. The maximum absolute atomic E-state index is 10.4. The standard InChI is InChI=1S/C7H8N2O3/c10-7(11)1-5-4-2-8-3-6(4)12-9-5/h8H,1-3H2,(H,10,11). The number of carbonyl (C=O) groups is 1. The first-order valence-corrected chi connectivity index (χ1v) is 3.66. The number of aliphatic carboxylic acids is 1. The highest BCUT2D eigenvalue weighted by Crippen LogP contribution is 2.19. The molecule has 0 saturated carbocycles. The highest BCUT2D eigenvalue weighted by Gasteiger charge is 2.21. The molecule has 0 bridgehead atoms. The predicted octanol–water partition coefficient (Wildman–Crippen LogP) is -0.0951. The molecule has 0 atom stereocenters. The highest BCUT2D eigenvalue weighted by molar-refractivity contribution is 5.70. The molecule has 5 heteroatoms. The number of hydrogen-bond acceptors (Lipinski definition) is 4. The average molecular weight is 168 g/mol. The second-order valence-corrected chi connectivity index (χ2v) is 2.71. The van der Waals surface area contributed by atoms with Crippen molar-refractivity contribution in [2.45, 2.75) is 19.5 Å². The molecule has 1 aliphatic rings. The summed E-state index contributed by atoms with van der Waals surface area (Å²) in [6.07, 6.45) is -0.0550. The number of carboxylic acids is 1. The second-order valence-electron chi connectivity index (χ2n) is 2.71. The fourth-order valence-corrected chi connectivity index (χ4v) is 1.30. The molecule has 0 radical (unpaired) electrons. The molecular formula is C7H8N2O3. The first-order valence-electron chi connectivity index (χ1n) is 3.66. The number of nitrogens with zero attached hydrogens (tertiary/aromatic N) is 1. The van der Waals surface area contributed by atoms with Crippen molar-refractivity contribution in [1.29, 1.82) is 0 Å². The van der Waals surface area contributed by atoms with Crippen molar-refractivity contribution in [2.24, 2.45) is 0 Å². The van der Waals surface area contributed by atoms with Gasteiger partial charge in [0.15, 0.2) is 5.76 Å². The van der Waals surface area contributed by atoms with Crippen molar-refractivity contribution >= 4 is 5.97 Å². The lowest BCUT2D eigenvalue weighted by atomic mass is 10.2. The van der Waals surface area contributed by atoms with Crippen LogP contribution in [0.4, 0.5) is 0 Å². The molecule has 1 aromatic heterocycles. The summed E-state index contributed by atoms with van der Waals surface area (Å²) in [5.41, 5.74) is 1.46. The average Bonchev–Trinajstić information content (AvgIpc) is 2.52. The van der Waals surface area contributed by atoms with Gasteiger partial charge in [0.2, 0.25) is 0 Å². The number of nitrogens with one attached hydrogen (secondary N) is 1. The highest BCUT2D eigenvalue weighted by atomic mass is 16.5. The molecular weight excluding hydrogens is 160 g/mol. The van der Waals surface area contributed by atoms with E-state index in [1.807, 2.05) is 0 Å². The summed E-state index contributed by atoms with van der Waals surface area (Å²) in [6.45, 7) is 1.32. The monoisotopic (exact) mass is 168 g/mol. The van der Waals surface area contributed by atoms with E-state index < -0.39 is 5.97 Å². The minimum Gasteiger partial charge on any atom is -0.481 e. The van der Waals surface area contributed by atoms with Crippen LogP contribution in [0.25, 0.3) is 0 Å². The maximum atomic E-state index is 10.4. The van der Waals surface area contributed by atoms with Gasteiger partial charge in [-0.2, -0.15) is 0 Å². The normalized spacial score (nSPS) is 14.7. The summed E-state index contributed by atoms with van der Waals surface area (Å²) in [4.78, 5) is 10.4. The Morgan fingerprint density at radius 3 is 3.25 bits per heavy atom. The summed E-state index contributed by atoms with van der Waals surface area (Å²) in [5.74, 6) is -0.107. The molecule has 0 spiro atoms. The van der Waals surface area contributed by atoms with Gasteiger partial charge < -0.3 is 14.9 Å². The summed E-state index contributed by atoms with van der Waals surface area (Å²) in [7, 11) is 0. The molecule has 0 aliphatic carbocycles. The first-order chi connectivity index (χ1) is 5.77. The Hall–Kier alpha value is -1.36. The third-order valence-corrected chi connectivity index (χ3v) is 1.86. The van der Waals surface area contributed by atoms with Crippen LogP contribution in [-0.2, 0) is 24.3 Å². The number of hydrogen-bond donors (Lipinski definition) is 2. The van der Waals surface area contributed by atoms with Gasteiger partial charge in [-0.3, -0.25) is 4.79 Å². The van der Waals surface area contributed by atoms with E-state index in [1.54, 1.807) is 0 Å². The summed E-state index contributed by atoms with van der Waals surface area (Å²) < 4.78 is 4.93. The quantitative estimate of drug-likeness (QED) is 0.645. The SMILES string of the molecule is O=C(O)Cc1noc2c1CNC2. The number of aromatic nitrogens is 1. The van der Waals surface area contributed by atoms with E-state index in [-0.39, 0.29) is 6.42 Å². The van der Waals surface area contributed by atoms with Crippen LogP contribution in [0.15, 0.2) is 4.52 Å². The molecule has 2 rings (SSSR count). The van der Waals surface area contributed by atoms with Crippen molar-refractivity contribution in [2.75, 3.05) is 0 Å². The summed E-state index contributed by atoms with van der Waals surface area (Å²) in [5, 5.41) is 15.3. The number of fused-ring (bicyclic) bond motifs is 1. The van der Waals surface area contributed by atoms with Crippen molar-refractivity contribution in [1.82, 2.24) is 10.5 Å². The van der Waals surface area contributed by atoms with E-state index in [0.29, 0.717) is 18.8 Å². The molecule has 2 heterocycles. The lowest BCUT2D eigenvalue weighted by Crippen LogP contribution is -2.06. The molecule has 0 unspecified atom stereocenters. The van der Waals surface area contributed by atoms with Gasteiger partial charge in [0, 0.05) is 12.1 Å².